The number of likely N-dealkylation sites (N-methyl/N-ethyl adjacent to an activating group) is 1. The van der Waals surface area contributed by atoms with Gasteiger partial charge in [0.2, 0.25) is 5.91 Å². The third-order valence-electron chi connectivity index (χ3n) is 7.69. The number of hydrogen-bond donors (Lipinski definition) is 2. The molecule has 202 valence electrons. The van der Waals surface area contributed by atoms with E-state index in [2.05, 4.69) is 77.5 Å². The Kier molecular flexibility index (Phi) is 7.16. The number of nitrogens with one attached hydrogen (secondary N) is 2. The maximum absolute atomic E-state index is 12.3. The molecule has 3 aromatic rings. The topological polar surface area (TPSA) is 60.5 Å². The predicted octanol–water partition coefficient (Wildman–Crippen LogP) is 7.14. The average Bonchev–Trinajstić information content (AvgIpc) is 3.25. The molecular weight excluding hydrogens is 526 g/mol. The summed E-state index contributed by atoms with van der Waals surface area (Å²) in [6.45, 7) is 10.3. The van der Waals surface area contributed by atoms with Crippen LogP contribution in [0.5, 0.6) is 0 Å². The number of hydrogen-bond acceptors (Lipinski definition) is 4. The zero-order valence-electron chi connectivity index (χ0n) is 23.1. The van der Waals surface area contributed by atoms with E-state index in [1.54, 1.807) is 6.20 Å². The number of benzene rings is 2. The number of rotatable bonds is 5. The summed E-state index contributed by atoms with van der Waals surface area (Å²) in [5.74, 6) is -0.229. The van der Waals surface area contributed by atoms with Crippen molar-refractivity contribution in [3.63, 3.8) is 0 Å². The fourth-order valence-electron chi connectivity index (χ4n) is 5.37. The van der Waals surface area contributed by atoms with Crippen molar-refractivity contribution in [2.75, 3.05) is 22.2 Å². The first-order valence-electron chi connectivity index (χ1n) is 13.2. The number of pyridine rings is 1. The Morgan fingerprint density at radius 3 is 2.59 bits per heavy atom. The summed E-state index contributed by atoms with van der Waals surface area (Å²) in [5.41, 5.74) is 7.03. The molecule has 1 aromatic heterocycles. The minimum Gasteiger partial charge on any atom is -0.366 e. The van der Waals surface area contributed by atoms with Gasteiger partial charge < -0.3 is 20.4 Å². The quantitative estimate of drug-likeness (QED) is 0.324. The van der Waals surface area contributed by atoms with E-state index in [4.69, 9.17) is 23.8 Å². The van der Waals surface area contributed by atoms with Gasteiger partial charge in [0.25, 0.3) is 0 Å². The van der Waals surface area contributed by atoms with E-state index in [1.807, 2.05) is 50.2 Å². The molecule has 0 radical (unpaired) electrons. The van der Waals surface area contributed by atoms with E-state index in [9.17, 15) is 4.79 Å². The lowest BCUT2D eigenvalue weighted by atomic mass is 9.86. The lowest BCUT2D eigenvalue weighted by Crippen LogP contribution is -2.42. The Bertz CT molecular complexity index is 1470. The number of thiocarbonyl (C=S) groups is 1. The van der Waals surface area contributed by atoms with Crippen molar-refractivity contribution in [1.29, 1.82) is 0 Å². The molecule has 6 nitrogen and oxygen atoms in total. The van der Waals surface area contributed by atoms with E-state index < -0.39 is 0 Å². The Hall–Kier alpha value is -3.42. The zero-order chi connectivity index (χ0) is 28.1. The highest BCUT2D eigenvalue weighted by Crippen LogP contribution is 2.45. The highest BCUT2D eigenvalue weighted by Gasteiger charge is 2.41. The van der Waals surface area contributed by atoms with Gasteiger partial charge in [0.15, 0.2) is 5.11 Å². The van der Waals surface area contributed by atoms with Crippen LogP contribution < -0.4 is 20.4 Å². The van der Waals surface area contributed by atoms with Crippen molar-refractivity contribution < 1.29 is 4.79 Å². The Labute approximate surface area is 241 Å². The molecule has 5 rings (SSSR count). The van der Waals surface area contributed by atoms with Gasteiger partial charge >= 0.3 is 0 Å². The maximum atomic E-state index is 12.3. The molecule has 2 atom stereocenters. The molecule has 3 heterocycles. The molecule has 2 N–H and O–H groups in total. The maximum Gasteiger partial charge on any atom is 0.226 e. The smallest absolute Gasteiger partial charge is 0.226 e. The van der Waals surface area contributed by atoms with Gasteiger partial charge in [0.05, 0.1) is 34.0 Å². The molecule has 0 spiro atoms. The second-order valence-electron chi connectivity index (χ2n) is 11.1. The van der Waals surface area contributed by atoms with Crippen LogP contribution in [0.4, 0.5) is 17.1 Å². The first-order chi connectivity index (χ1) is 18.5. The minimum absolute atomic E-state index is 0.0684. The van der Waals surface area contributed by atoms with E-state index >= 15 is 0 Å². The van der Waals surface area contributed by atoms with Crippen LogP contribution in [-0.2, 0) is 4.79 Å². The van der Waals surface area contributed by atoms with Crippen molar-refractivity contribution in [3.8, 4) is 0 Å². The van der Waals surface area contributed by atoms with E-state index in [0.717, 1.165) is 16.9 Å². The molecule has 0 saturated carbocycles. The van der Waals surface area contributed by atoms with Gasteiger partial charge in [0.1, 0.15) is 0 Å². The Balaban J connectivity index is 1.60. The SMILES string of the molecule is CC1=CC(C)(C)N(C)c2ccc([C@@H]3[C@H](c4ccccn4)NC(=S)N3c3ccc(NC(=O)C(C)C)c(Cl)c3)cc21. The highest BCUT2D eigenvalue weighted by atomic mass is 35.5. The summed E-state index contributed by atoms with van der Waals surface area (Å²) in [5, 5.41) is 7.47. The van der Waals surface area contributed by atoms with Crippen LogP contribution in [-0.4, -0.2) is 28.6 Å². The highest BCUT2D eigenvalue weighted by molar-refractivity contribution is 7.80. The molecule has 1 saturated heterocycles. The van der Waals surface area contributed by atoms with Crippen LogP contribution in [0.2, 0.25) is 5.02 Å². The zero-order valence-corrected chi connectivity index (χ0v) is 24.7. The first-order valence-corrected chi connectivity index (χ1v) is 13.9. The van der Waals surface area contributed by atoms with E-state index in [1.165, 1.54) is 16.8 Å². The third kappa shape index (κ3) is 5.01. The number of allylic oxidation sites excluding steroid dienone is 1. The number of nitrogens with zero attached hydrogens (tertiary/aromatic N) is 3. The van der Waals surface area contributed by atoms with Gasteiger partial charge in [-0.2, -0.15) is 0 Å². The largest absolute Gasteiger partial charge is 0.366 e. The standard InChI is InChI=1S/C31H34ClN5OS/c1-18(2)29(38)34-24-12-11-21(16-23(24)32)37-28(27(35-30(37)39)25-9-7-8-14-33-25)20-10-13-26-22(15-20)19(3)17-31(4,5)36(26)6/h7-18,27-28H,1-6H3,(H,34,38)(H,35,39)/t27-,28+/m0/s1. The molecule has 1 amide bonds. The summed E-state index contributed by atoms with van der Waals surface area (Å²) < 4.78 is 0. The number of halogens is 1. The Morgan fingerprint density at radius 2 is 1.92 bits per heavy atom. The average molecular weight is 560 g/mol. The van der Waals surface area contributed by atoms with Gasteiger partial charge in [-0.05, 0) is 86.6 Å². The van der Waals surface area contributed by atoms with E-state index in [-0.39, 0.29) is 29.4 Å². The van der Waals surface area contributed by atoms with Crippen molar-refractivity contribution in [1.82, 2.24) is 10.3 Å². The monoisotopic (exact) mass is 559 g/mol. The fourth-order valence-corrected chi connectivity index (χ4v) is 5.93. The second kappa shape index (κ2) is 10.3. The van der Waals surface area contributed by atoms with Crippen LogP contribution in [0.15, 0.2) is 66.9 Å². The van der Waals surface area contributed by atoms with Gasteiger partial charge in [0, 0.05) is 36.1 Å². The molecule has 39 heavy (non-hydrogen) atoms. The molecule has 8 heteroatoms. The summed E-state index contributed by atoms with van der Waals surface area (Å²) in [4.78, 5) is 21.4. The summed E-state index contributed by atoms with van der Waals surface area (Å²) in [6, 6.07) is 17.9. The van der Waals surface area contributed by atoms with Crippen molar-refractivity contribution in [3.05, 3.63) is 88.7 Å². The van der Waals surface area contributed by atoms with Gasteiger partial charge in [-0.15, -0.1) is 0 Å². The summed E-state index contributed by atoms with van der Waals surface area (Å²) >= 11 is 12.6. The Morgan fingerprint density at radius 1 is 1.15 bits per heavy atom. The lowest BCUT2D eigenvalue weighted by Gasteiger charge is -2.41. The van der Waals surface area contributed by atoms with Crippen molar-refractivity contribution >= 4 is 57.5 Å². The first kappa shape index (κ1) is 27.2. The summed E-state index contributed by atoms with van der Waals surface area (Å²) in [6.07, 6.45) is 4.12. The lowest BCUT2D eigenvalue weighted by molar-refractivity contribution is -0.118. The van der Waals surface area contributed by atoms with Gasteiger partial charge in [-0.3, -0.25) is 9.78 Å². The van der Waals surface area contributed by atoms with Crippen LogP contribution >= 0.6 is 23.8 Å². The molecule has 2 aliphatic heterocycles. The minimum atomic E-state index is -0.169. The predicted molar refractivity (Wildman–Crippen MR) is 165 cm³/mol. The summed E-state index contributed by atoms with van der Waals surface area (Å²) in [7, 11) is 2.14. The van der Waals surface area contributed by atoms with Gasteiger partial charge in [-0.25, -0.2) is 0 Å². The van der Waals surface area contributed by atoms with Crippen LogP contribution in [0, 0.1) is 5.92 Å². The fraction of sp³-hybridized carbons (Fsp3) is 0.323. The molecule has 2 aromatic carbocycles. The van der Waals surface area contributed by atoms with Gasteiger partial charge in [-0.1, -0.05) is 43.7 Å². The molecule has 2 aliphatic rings. The molecular formula is C31H34ClN5OS. The number of fused-ring (bicyclic) bond motifs is 1. The third-order valence-corrected chi connectivity index (χ3v) is 8.32. The van der Waals surface area contributed by atoms with Crippen molar-refractivity contribution in [2.45, 2.75) is 52.2 Å². The number of anilines is 3. The number of aromatic nitrogens is 1. The van der Waals surface area contributed by atoms with Crippen LogP contribution in [0.25, 0.3) is 5.57 Å². The number of carbonyl (C=O) groups excluding carboxylic acids is 1. The van der Waals surface area contributed by atoms with Crippen molar-refractivity contribution in [2.24, 2.45) is 5.92 Å². The van der Waals surface area contributed by atoms with E-state index in [0.29, 0.717) is 15.8 Å². The number of amides is 1. The van der Waals surface area contributed by atoms with Crippen LogP contribution in [0.1, 0.15) is 63.5 Å². The molecule has 0 aliphatic carbocycles. The van der Waals surface area contributed by atoms with Crippen LogP contribution in [0.3, 0.4) is 0 Å². The number of carbonyl (C=O) groups is 1. The normalized spacial score (nSPS) is 20.0. The second-order valence-corrected chi connectivity index (χ2v) is 11.9. The molecule has 1 fully saturated rings. The molecule has 0 unspecified atom stereocenters. The molecule has 0 bridgehead atoms.